The minimum absolute atomic E-state index is 0.225. The van der Waals surface area contributed by atoms with Crippen LogP contribution in [0.3, 0.4) is 0 Å². The van der Waals surface area contributed by atoms with Gasteiger partial charge in [-0.1, -0.05) is 42.5 Å². The van der Waals surface area contributed by atoms with E-state index in [0.717, 1.165) is 16.8 Å². The number of aliphatic carboxylic acids is 1. The van der Waals surface area contributed by atoms with Crippen molar-refractivity contribution in [2.75, 3.05) is 6.54 Å². The highest BCUT2D eigenvalue weighted by Crippen LogP contribution is 2.13. The SMILES string of the molecule is N#Cc1ccc(Cn2cncc2CNCCC(=O)N[C@@H](Cc2ccccc2)C(N)=O)cc1.O=C(O)C(F)(F)F. The number of hydrogen-bond acceptors (Lipinski definition) is 6. The monoisotopic (exact) mass is 544 g/mol. The van der Waals surface area contributed by atoms with Gasteiger partial charge in [-0.15, -0.1) is 0 Å². The van der Waals surface area contributed by atoms with Crippen LogP contribution in [0.15, 0.2) is 67.1 Å². The first kappa shape index (κ1) is 30.5. The highest BCUT2D eigenvalue weighted by Gasteiger charge is 2.38. The largest absolute Gasteiger partial charge is 0.490 e. The molecule has 0 saturated carbocycles. The van der Waals surface area contributed by atoms with Crippen molar-refractivity contribution in [1.29, 1.82) is 5.26 Å². The quantitative estimate of drug-likeness (QED) is 0.269. The Morgan fingerprint density at radius 1 is 1.08 bits per heavy atom. The number of amides is 2. The molecule has 0 radical (unpaired) electrons. The molecule has 3 rings (SSSR count). The van der Waals surface area contributed by atoms with Crippen LogP contribution in [0.2, 0.25) is 0 Å². The zero-order valence-corrected chi connectivity index (χ0v) is 20.7. The summed E-state index contributed by atoms with van der Waals surface area (Å²) in [5, 5.41) is 22.0. The molecule has 0 spiro atoms. The lowest BCUT2D eigenvalue weighted by Crippen LogP contribution is -2.46. The molecule has 10 nitrogen and oxygen atoms in total. The third kappa shape index (κ3) is 11.1. The van der Waals surface area contributed by atoms with Crippen molar-refractivity contribution in [2.45, 2.75) is 38.1 Å². The number of nitriles is 1. The number of imidazole rings is 1. The van der Waals surface area contributed by atoms with Crippen molar-refractivity contribution < 1.29 is 32.7 Å². The van der Waals surface area contributed by atoms with Gasteiger partial charge in [0.2, 0.25) is 11.8 Å². The average Bonchev–Trinajstić information content (AvgIpc) is 3.33. The van der Waals surface area contributed by atoms with Gasteiger partial charge in [-0.05, 0) is 23.3 Å². The number of nitrogens with zero attached hydrogens (tertiary/aromatic N) is 3. The standard InChI is InChI=1S/C24H26N6O2.C2HF3O2/c25-13-19-6-8-20(9-7-19)16-30-17-28-15-21(30)14-27-11-10-23(31)29-22(24(26)32)12-18-4-2-1-3-5-18;3-2(4,5)1(6)7/h1-9,15,17,22,27H,10-12,14,16H2,(H2,26,32)(H,29,31);(H,6,7)/t22-;/m0./s1. The fourth-order valence-electron chi connectivity index (χ4n) is 3.28. The molecule has 2 amide bonds. The van der Waals surface area contributed by atoms with Gasteiger partial charge < -0.3 is 26.0 Å². The first-order valence-electron chi connectivity index (χ1n) is 11.6. The van der Waals surface area contributed by atoms with Gasteiger partial charge in [0.1, 0.15) is 6.04 Å². The van der Waals surface area contributed by atoms with Crippen LogP contribution in [-0.4, -0.2) is 51.2 Å². The van der Waals surface area contributed by atoms with Gasteiger partial charge in [0.25, 0.3) is 0 Å². The highest BCUT2D eigenvalue weighted by atomic mass is 19.4. The van der Waals surface area contributed by atoms with E-state index in [0.29, 0.717) is 31.6 Å². The van der Waals surface area contributed by atoms with Crippen molar-refractivity contribution in [3.8, 4) is 6.07 Å². The van der Waals surface area contributed by atoms with Crippen molar-refractivity contribution in [1.82, 2.24) is 20.2 Å². The molecule has 3 aromatic rings. The zero-order chi connectivity index (χ0) is 28.8. The Hall–Kier alpha value is -4.70. The molecule has 5 N–H and O–H groups in total. The molecule has 0 saturated heterocycles. The van der Waals surface area contributed by atoms with Gasteiger partial charge in [-0.2, -0.15) is 18.4 Å². The number of carbonyl (C=O) groups excluding carboxylic acids is 2. The number of carboxylic acids is 1. The third-order valence-corrected chi connectivity index (χ3v) is 5.27. The first-order chi connectivity index (χ1) is 18.5. The highest BCUT2D eigenvalue weighted by molar-refractivity contribution is 5.86. The second-order valence-corrected chi connectivity index (χ2v) is 8.26. The number of alkyl halides is 3. The van der Waals surface area contributed by atoms with Crippen LogP contribution in [0.5, 0.6) is 0 Å². The fourth-order valence-corrected chi connectivity index (χ4v) is 3.28. The second-order valence-electron chi connectivity index (χ2n) is 8.26. The first-order valence-corrected chi connectivity index (χ1v) is 11.6. The summed E-state index contributed by atoms with van der Waals surface area (Å²) in [6.07, 6.45) is -0.963. The molecule has 1 atom stereocenters. The number of nitrogens with two attached hydrogens (primary N) is 1. The lowest BCUT2D eigenvalue weighted by Gasteiger charge is -2.16. The molecule has 0 unspecified atom stereocenters. The number of primary amides is 1. The summed E-state index contributed by atoms with van der Waals surface area (Å²) in [5.74, 6) is -3.54. The number of carboxylic acid groups (broad SMARTS) is 1. The van der Waals surface area contributed by atoms with E-state index >= 15 is 0 Å². The van der Waals surface area contributed by atoms with Gasteiger partial charge in [-0.25, -0.2) is 9.78 Å². The van der Waals surface area contributed by atoms with Crippen LogP contribution >= 0.6 is 0 Å². The smallest absolute Gasteiger partial charge is 0.475 e. The van der Waals surface area contributed by atoms with Crippen molar-refractivity contribution in [3.05, 3.63) is 89.5 Å². The van der Waals surface area contributed by atoms with Crippen LogP contribution in [0, 0.1) is 11.3 Å². The molecule has 0 aliphatic carbocycles. The fraction of sp³-hybridized carbons (Fsp3) is 0.269. The Morgan fingerprint density at radius 3 is 2.28 bits per heavy atom. The maximum Gasteiger partial charge on any atom is 0.490 e. The van der Waals surface area contributed by atoms with E-state index in [2.05, 4.69) is 21.7 Å². The summed E-state index contributed by atoms with van der Waals surface area (Å²) < 4.78 is 33.7. The summed E-state index contributed by atoms with van der Waals surface area (Å²) in [7, 11) is 0. The van der Waals surface area contributed by atoms with Crippen LogP contribution in [0.1, 0.15) is 28.8 Å². The Labute approximate surface area is 222 Å². The van der Waals surface area contributed by atoms with Gasteiger partial charge in [0, 0.05) is 38.7 Å². The number of nitrogens with one attached hydrogen (secondary N) is 2. The molecular formula is C26H27F3N6O4. The second kappa shape index (κ2) is 14.9. The van der Waals surface area contributed by atoms with Gasteiger partial charge in [0.05, 0.1) is 23.7 Å². The molecule has 2 aromatic carbocycles. The summed E-state index contributed by atoms with van der Waals surface area (Å²) in [6, 6.07) is 18.2. The summed E-state index contributed by atoms with van der Waals surface area (Å²) in [4.78, 5) is 37.1. The molecular weight excluding hydrogens is 517 g/mol. The van der Waals surface area contributed by atoms with E-state index in [1.54, 1.807) is 24.7 Å². The minimum Gasteiger partial charge on any atom is -0.475 e. The molecule has 206 valence electrons. The predicted molar refractivity (Wildman–Crippen MR) is 134 cm³/mol. The maximum absolute atomic E-state index is 12.3. The van der Waals surface area contributed by atoms with Gasteiger partial charge in [-0.3, -0.25) is 9.59 Å². The number of halogens is 3. The normalized spacial score (nSPS) is 11.4. The number of carbonyl (C=O) groups is 3. The Morgan fingerprint density at radius 2 is 1.72 bits per heavy atom. The Balaban J connectivity index is 0.000000673. The number of aromatic nitrogens is 2. The summed E-state index contributed by atoms with van der Waals surface area (Å²) in [6.45, 7) is 1.64. The Bertz CT molecular complexity index is 1270. The Kier molecular flexibility index (Phi) is 11.7. The van der Waals surface area contributed by atoms with E-state index in [9.17, 15) is 22.8 Å². The average molecular weight is 545 g/mol. The summed E-state index contributed by atoms with van der Waals surface area (Å²) in [5.41, 5.74) is 9.06. The van der Waals surface area contributed by atoms with Crippen molar-refractivity contribution in [3.63, 3.8) is 0 Å². The molecule has 1 heterocycles. The number of benzene rings is 2. The van der Waals surface area contributed by atoms with Gasteiger partial charge >= 0.3 is 12.1 Å². The van der Waals surface area contributed by atoms with Crippen molar-refractivity contribution in [2.24, 2.45) is 5.73 Å². The lowest BCUT2D eigenvalue weighted by atomic mass is 10.1. The number of rotatable bonds is 11. The van der Waals surface area contributed by atoms with E-state index in [4.69, 9.17) is 20.9 Å². The van der Waals surface area contributed by atoms with Crippen molar-refractivity contribution >= 4 is 17.8 Å². The van der Waals surface area contributed by atoms with E-state index < -0.39 is 24.1 Å². The topological polar surface area (TPSA) is 163 Å². The lowest BCUT2D eigenvalue weighted by molar-refractivity contribution is -0.192. The molecule has 0 bridgehead atoms. The van der Waals surface area contributed by atoms with E-state index in [-0.39, 0.29) is 12.3 Å². The maximum atomic E-state index is 12.3. The summed E-state index contributed by atoms with van der Waals surface area (Å²) >= 11 is 0. The van der Waals surface area contributed by atoms with Crippen LogP contribution in [-0.2, 0) is 33.9 Å². The van der Waals surface area contributed by atoms with E-state index in [1.807, 2.05) is 47.0 Å². The number of hydrogen-bond donors (Lipinski definition) is 4. The zero-order valence-electron chi connectivity index (χ0n) is 20.7. The third-order valence-electron chi connectivity index (χ3n) is 5.27. The van der Waals surface area contributed by atoms with Crippen LogP contribution in [0.4, 0.5) is 13.2 Å². The van der Waals surface area contributed by atoms with Gasteiger partial charge in [0.15, 0.2) is 0 Å². The molecule has 0 aliphatic heterocycles. The van der Waals surface area contributed by atoms with E-state index in [1.165, 1.54) is 0 Å². The minimum atomic E-state index is -5.08. The molecule has 0 aliphatic rings. The predicted octanol–water partition coefficient (Wildman–Crippen LogP) is 2.13. The van der Waals surface area contributed by atoms with Crippen LogP contribution in [0.25, 0.3) is 0 Å². The van der Waals surface area contributed by atoms with Crippen LogP contribution < -0.4 is 16.4 Å². The molecule has 13 heteroatoms. The molecule has 39 heavy (non-hydrogen) atoms. The molecule has 1 aromatic heterocycles. The molecule has 0 fully saturated rings.